The molecule has 2 fully saturated rings. The Balaban J connectivity index is 0.000000228. The first-order valence-electron chi connectivity index (χ1n) is 6.05. The van der Waals surface area contributed by atoms with Crippen molar-refractivity contribution < 1.29 is 41.7 Å². The second kappa shape index (κ2) is 12.0. The molecular formula is C8H24O6Si2Ti. The molecule has 0 saturated carbocycles. The van der Waals surface area contributed by atoms with Gasteiger partial charge in [-0.2, -0.15) is 0 Å². The van der Waals surface area contributed by atoms with E-state index >= 15 is 0 Å². The van der Waals surface area contributed by atoms with Crippen molar-refractivity contribution in [1.82, 2.24) is 0 Å². The molecule has 0 unspecified atom stereocenters. The Morgan fingerprint density at radius 3 is 1.12 bits per heavy atom. The van der Waals surface area contributed by atoms with Crippen LogP contribution in [0.1, 0.15) is 25.7 Å². The Hall–Kier alpha value is 0.908. The van der Waals surface area contributed by atoms with Gasteiger partial charge < -0.3 is 8.85 Å². The second-order valence-electron chi connectivity index (χ2n) is 3.95. The van der Waals surface area contributed by atoms with Gasteiger partial charge in [0, 0.05) is 13.2 Å². The maximum atomic E-state index is 7.38. The zero-order valence-corrected chi connectivity index (χ0v) is 14.6. The van der Waals surface area contributed by atoms with Crippen molar-refractivity contribution in [1.29, 1.82) is 0 Å². The fourth-order valence-electron chi connectivity index (χ4n) is 1.37. The van der Waals surface area contributed by atoms with Crippen molar-refractivity contribution in [3.63, 3.8) is 0 Å². The molecule has 17 heavy (non-hydrogen) atoms. The first kappa shape index (κ1) is 17.9. The molecule has 0 radical (unpaired) electrons. The monoisotopic (exact) mass is 320 g/mol. The third kappa shape index (κ3) is 22.6. The van der Waals surface area contributed by atoms with Crippen LogP contribution in [0.5, 0.6) is 0 Å². The average molecular weight is 320 g/mol. The number of hydrogen-bond donors (Lipinski definition) is 4. The van der Waals surface area contributed by atoms with Crippen LogP contribution in [0.15, 0.2) is 0 Å². The molecule has 0 spiro atoms. The van der Waals surface area contributed by atoms with E-state index in [9.17, 15) is 0 Å². The molecule has 0 aromatic carbocycles. The molecule has 0 aliphatic carbocycles. The fraction of sp³-hybridized carbons (Fsp3) is 1.00. The summed E-state index contributed by atoms with van der Waals surface area (Å²) in [7, 11) is 0.0170. The second-order valence-corrected chi connectivity index (χ2v) is 8.87. The van der Waals surface area contributed by atoms with Gasteiger partial charge in [-0.3, -0.25) is 0 Å². The molecule has 104 valence electrons. The molecule has 0 bridgehead atoms. The normalized spacial score (nSPS) is 23.3. The van der Waals surface area contributed by atoms with Crippen molar-refractivity contribution in [2.24, 2.45) is 0 Å². The molecule has 0 amide bonds. The van der Waals surface area contributed by atoms with Crippen LogP contribution in [-0.4, -0.2) is 47.5 Å². The Morgan fingerprint density at radius 2 is 1.06 bits per heavy atom. The first-order chi connectivity index (χ1) is 8.00. The summed E-state index contributed by atoms with van der Waals surface area (Å²) in [4.78, 5) is 0. The van der Waals surface area contributed by atoms with E-state index in [4.69, 9.17) is 23.6 Å². The van der Waals surface area contributed by atoms with Crippen molar-refractivity contribution in [3.05, 3.63) is 0 Å². The minimum atomic E-state index is -5.00. The molecule has 0 aromatic heterocycles. The van der Waals surface area contributed by atoms with Gasteiger partial charge in [-0.05, 0) is 24.9 Å². The molecule has 2 heterocycles. The molecule has 0 aromatic rings. The topological polar surface area (TPSA) is 99.4 Å². The fourth-order valence-corrected chi connectivity index (χ4v) is 3.71. The standard InChI is InChI=1S/2C4H10OSi.4H2O.Ti/c2*1-2-4-6-5-3-1;;;;;/h2*1-4,6H2;4*1H2;/q;;;;;;+4/p-4. The van der Waals surface area contributed by atoms with Crippen LogP contribution < -0.4 is 0 Å². The van der Waals surface area contributed by atoms with E-state index in [-0.39, 0.29) is 19.5 Å². The van der Waals surface area contributed by atoms with Crippen molar-refractivity contribution in [3.8, 4) is 0 Å². The van der Waals surface area contributed by atoms with Gasteiger partial charge in [0.2, 0.25) is 0 Å². The van der Waals surface area contributed by atoms with Gasteiger partial charge in [0.05, 0.1) is 0 Å². The number of rotatable bonds is 0. The maximum absolute atomic E-state index is 7.38. The van der Waals surface area contributed by atoms with Crippen LogP contribution in [0.3, 0.4) is 0 Å². The summed E-state index contributed by atoms with van der Waals surface area (Å²) < 4.78 is 39.9. The Kier molecular flexibility index (Phi) is 12.6. The summed E-state index contributed by atoms with van der Waals surface area (Å²) in [6.07, 6.45) is 5.50. The summed E-state index contributed by atoms with van der Waals surface area (Å²) in [6, 6.07) is 2.83. The summed E-state index contributed by atoms with van der Waals surface area (Å²) >= 11 is -5.00. The molecule has 2 aliphatic rings. The van der Waals surface area contributed by atoms with Crippen molar-refractivity contribution in [2.75, 3.05) is 13.2 Å². The average Bonchev–Trinajstić information content (AvgIpc) is 2.32. The summed E-state index contributed by atoms with van der Waals surface area (Å²) in [5.74, 6) is 0. The first-order valence-corrected chi connectivity index (χ1v) is 12.0. The molecule has 9 heteroatoms. The summed E-state index contributed by atoms with van der Waals surface area (Å²) in [5, 5.41) is 0. The van der Waals surface area contributed by atoms with Gasteiger partial charge >= 0.3 is 32.9 Å². The molecule has 2 aliphatic heterocycles. The van der Waals surface area contributed by atoms with E-state index in [0.717, 1.165) is 13.2 Å². The Labute approximate surface area is 112 Å². The van der Waals surface area contributed by atoms with Gasteiger partial charge in [0.1, 0.15) is 0 Å². The molecule has 2 saturated heterocycles. The molecule has 0 atom stereocenters. The van der Waals surface area contributed by atoms with Gasteiger partial charge in [0.15, 0.2) is 19.5 Å². The predicted octanol–water partition coefficient (Wildman–Crippen LogP) is -1.63. The third-order valence-corrected chi connectivity index (χ3v) is 4.89. The SMILES string of the molecule is C1CC[SiH2]OC1.C1CC[SiH2]OC1.[OH][Ti]([OH])([OH])[OH]. The van der Waals surface area contributed by atoms with Crippen LogP contribution in [0.2, 0.25) is 12.1 Å². The predicted molar refractivity (Wildman–Crippen MR) is 65.9 cm³/mol. The van der Waals surface area contributed by atoms with Crippen LogP contribution in [0, 0.1) is 0 Å². The zero-order valence-electron chi connectivity index (χ0n) is 10.2. The minimum absolute atomic E-state index is 0.00849. The summed E-state index contributed by atoms with van der Waals surface area (Å²) in [6.45, 7) is 2.12. The third-order valence-electron chi connectivity index (χ3n) is 2.15. The van der Waals surface area contributed by atoms with E-state index in [1.807, 2.05) is 0 Å². The molecule has 4 N–H and O–H groups in total. The van der Waals surface area contributed by atoms with Crippen LogP contribution in [-0.2, 0) is 27.0 Å². The van der Waals surface area contributed by atoms with Crippen LogP contribution >= 0.6 is 0 Å². The molecule has 2 rings (SSSR count). The zero-order chi connectivity index (χ0) is 13.0. The Morgan fingerprint density at radius 1 is 0.706 bits per heavy atom. The van der Waals surface area contributed by atoms with Crippen LogP contribution in [0.25, 0.3) is 0 Å². The molecular weight excluding hydrogens is 296 g/mol. The van der Waals surface area contributed by atoms with E-state index in [1.165, 1.54) is 37.8 Å². The van der Waals surface area contributed by atoms with Gasteiger partial charge in [0.25, 0.3) is 0 Å². The van der Waals surface area contributed by atoms with E-state index in [1.54, 1.807) is 0 Å². The van der Waals surface area contributed by atoms with E-state index in [0.29, 0.717) is 0 Å². The van der Waals surface area contributed by atoms with Gasteiger partial charge in [-0.25, -0.2) is 0 Å². The van der Waals surface area contributed by atoms with E-state index in [2.05, 4.69) is 0 Å². The van der Waals surface area contributed by atoms with E-state index < -0.39 is 18.1 Å². The van der Waals surface area contributed by atoms with Crippen LogP contribution in [0.4, 0.5) is 0 Å². The number of hydrogen-bond acceptors (Lipinski definition) is 6. The van der Waals surface area contributed by atoms with Gasteiger partial charge in [-0.1, -0.05) is 12.8 Å². The van der Waals surface area contributed by atoms with Crippen molar-refractivity contribution >= 4 is 19.5 Å². The molecule has 6 nitrogen and oxygen atoms in total. The van der Waals surface area contributed by atoms with Gasteiger partial charge in [-0.15, -0.1) is 0 Å². The van der Waals surface area contributed by atoms with Crippen molar-refractivity contribution in [2.45, 2.75) is 37.8 Å². The Bertz CT molecular complexity index is 120. The summed E-state index contributed by atoms with van der Waals surface area (Å²) in [5.41, 5.74) is 0. The quantitative estimate of drug-likeness (QED) is 0.400.